The van der Waals surface area contributed by atoms with Gasteiger partial charge in [0, 0.05) is 33.0 Å². The summed E-state index contributed by atoms with van der Waals surface area (Å²) in [6, 6.07) is 0. The van der Waals surface area contributed by atoms with Crippen molar-refractivity contribution in [2.75, 3.05) is 47.0 Å². The van der Waals surface area contributed by atoms with Crippen LogP contribution in [0, 0.1) is 5.92 Å². The zero-order chi connectivity index (χ0) is 18.0. The van der Waals surface area contributed by atoms with Gasteiger partial charge in [-0.15, -0.1) is 0 Å². The van der Waals surface area contributed by atoms with Crippen LogP contribution in [0.25, 0.3) is 0 Å². The van der Waals surface area contributed by atoms with Gasteiger partial charge in [-0.2, -0.15) is 0 Å². The van der Waals surface area contributed by atoms with Gasteiger partial charge in [-0.3, -0.25) is 9.59 Å². The average Bonchev–Trinajstić information content (AvgIpc) is 3.19. The van der Waals surface area contributed by atoms with E-state index >= 15 is 0 Å². The standard InChI is InChI=1S/C17H25N3O5/c1-4-14-13(7-18-25-14)16(22)20-10-17(11-20)12(5-6-24-17)8-23-9-15(21)19(2)3/h7,12H,4-6,8-11H2,1-3H3. The van der Waals surface area contributed by atoms with Crippen molar-refractivity contribution < 1.29 is 23.6 Å². The largest absolute Gasteiger partial charge is 0.371 e. The van der Waals surface area contributed by atoms with Gasteiger partial charge in [-0.1, -0.05) is 12.1 Å². The lowest BCUT2D eigenvalue weighted by atomic mass is 9.81. The predicted molar refractivity (Wildman–Crippen MR) is 88.1 cm³/mol. The molecule has 2 amide bonds. The maximum absolute atomic E-state index is 12.6. The Morgan fingerprint density at radius 3 is 2.88 bits per heavy atom. The first-order valence-corrected chi connectivity index (χ1v) is 8.61. The van der Waals surface area contributed by atoms with Crippen molar-refractivity contribution in [1.82, 2.24) is 15.0 Å². The molecule has 1 spiro atoms. The first kappa shape index (κ1) is 17.9. The first-order valence-electron chi connectivity index (χ1n) is 8.61. The van der Waals surface area contributed by atoms with Crippen LogP contribution in [0.15, 0.2) is 10.7 Å². The smallest absolute Gasteiger partial charge is 0.259 e. The summed E-state index contributed by atoms with van der Waals surface area (Å²) in [5.41, 5.74) is 0.181. The molecule has 2 aliphatic rings. The van der Waals surface area contributed by atoms with Gasteiger partial charge in [0.15, 0.2) is 0 Å². The lowest BCUT2D eigenvalue weighted by Gasteiger charge is -2.50. The average molecular weight is 351 g/mol. The van der Waals surface area contributed by atoms with Gasteiger partial charge in [0.25, 0.3) is 5.91 Å². The molecule has 2 saturated heterocycles. The third kappa shape index (κ3) is 3.41. The Hall–Kier alpha value is -1.93. The second-order valence-corrected chi connectivity index (χ2v) is 6.88. The fraction of sp³-hybridized carbons (Fsp3) is 0.706. The van der Waals surface area contributed by atoms with Crippen molar-refractivity contribution >= 4 is 11.8 Å². The van der Waals surface area contributed by atoms with Crippen molar-refractivity contribution in [2.45, 2.75) is 25.4 Å². The quantitative estimate of drug-likeness (QED) is 0.745. The number of likely N-dealkylation sites (tertiary alicyclic amines) is 1. The van der Waals surface area contributed by atoms with Gasteiger partial charge in [0.1, 0.15) is 23.5 Å². The molecule has 1 aromatic rings. The van der Waals surface area contributed by atoms with E-state index in [2.05, 4.69) is 5.16 Å². The van der Waals surface area contributed by atoms with E-state index in [1.54, 1.807) is 19.0 Å². The van der Waals surface area contributed by atoms with E-state index in [4.69, 9.17) is 14.0 Å². The summed E-state index contributed by atoms with van der Waals surface area (Å²) in [7, 11) is 3.41. The molecule has 138 valence electrons. The van der Waals surface area contributed by atoms with Gasteiger partial charge in [-0.05, 0) is 6.42 Å². The Morgan fingerprint density at radius 2 is 2.20 bits per heavy atom. The molecule has 8 heteroatoms. The summed E-state index contributed by atoms with van der Waals surface area (Å²) >= 11 is 0. The number of hydrogen-bond donors (Lipinski definition) is 0. The lowest BCUT2D eigenvalue weighted by Crippen LogP contribution is -2.66. The minimum atomic E-state index is -0.347. The van der Waals surface area contributed by atoms with E-state index in [9.17, 15) is 9.59 Å². The third-order valence-electron chi connectivity index (χ3n) is 5.04. The summed E-state index contributed by atoms with van der Waals surface area (Å²) < 4.78 is 16.6. The van der Waals surface area contributed by atoms with Gasteiger partial charge in [-0.25, -0.2) is 0 Å². The van der Waals surface area contributed by atoms with Crippen LogP contribution in [-0.4, -0.2) is 79.4 Å². The molecule has 1 atom stereocenters. The highest BCUT2D eigenvalue weighted by molar-refractivity contribution is 5.95. The number of carbonyl (C=O) groups excluding carboxylic acids is 2. The summed E-state index contributed by atoms with van der Waals surface area (Å²) in [6.07, 6.45) is 2.99. The molecule has 25 heavy (non-hydrogen) atoms. The first-order chi connectivity index (χ1) is 12.0. The summed E-state index contributed by atoms with van der Waals surface area (Å²) in [5, 5.41) is 3.72. The minimum Gasteiger partial charge on any atom is -0.371 e. The SMILES string of the molecule is CCc1oncc1C(=O)N1CC2(C1)OCCC2COCC(=O)N(C)C. The molecule has 3 rings (SSSR count). The Balaban J connectivity index is 1.54. The predicted octanol–water partition coefficient (Wildman–Crippen LogP) is 0.573. The lowest BCUT2D eigenvalue weighted by molar-refractivity contribution is -0.141. The molecule has 0 aliphatic carbocycles. The van der Waals surface area contributed by atoms with Crippen LogP contribution in [0.3, 0.4) is 0 Å². The van der Waals surface area contributed by atoms with Gasteiger partial charge in [0.05, 0.1) is 25.9 Å². The van der Waals surface area contributed by atoms with E-state index in [-0.39, 0.29) is 29.9 Å². The number of hydrogen-bond acceptors (Lipinski definition) is 6. The normalized spacial score (nSPS) is 21.4. The Bertz CT molecular complexity index is 636. The molecule has 8 nitrogen and oxygen atoms in total. The molecule has 1 aromatic heterocycles. The van der Waals surface area contributed by atoms with Crippen molar-refractivity contribution in [2.24, 2.45) is 5.92 Å². The molecule has 2 aliphatic heterocycles. The second-order valence-electron chi connectivity index (χ2n) is 6.88. The van der Waals surface area contributed by atoms with Crippen LogP contribution in [0.4, 0.5) is 0 Å². The molecule has 0 N–H and O–H groups in total. The number of ether oxygens (including phenoxy) is 2. The van der Waals surface area contributed by atoms with Crippen LogP contribution in [0.1, 0.15) is 29.5 Å². The monoisotopic (exact) mass is 351 g/mol. The zero-order valence-electron chi connectivity index (χ0n) is 15.0. The zero-order valence-corrected chi connectivity index (χ0v) is 15.0. The molecule has 0 saturated carbocycles. The van der Waals surface area contributed by atoms with E-state index in [1.807, 2.05) is 6.92 Å². The second kappa shape index (κ2) is 7.13. The number of rotatable bonds is 6. The number of carbonyl (C=O) groups is 2. The molecule has 2 fully saturated rings. The van der Waals surface area contributed by atoms with Crippen molar-refractivity contribution in [3.63, 3.8) is 0 Å². The highest BCUT2D eigenvalue weighted by Crippen LogP contribution is 2.40. The number of aromatic nitrogens is 1. The number of likely N-dealkylation sites (N-methyl/N-ethyl adjacent to an activating group) is 1. The van der Waals surface area contributed by atoms with Crippen molar-refractivity contribution in [1.29, 1.82) is 0 Å². The van der Waals surface area contributed by atoms with E-state index in [1.165, 1.54) is 11.1 Å². The van der Waals surface area contributed by atoms with E-state index < -0.39 is 0 Å². The van der Waals surface area contributed by atoms with Crippen molar-refractivity contribution in [3.8, 4) is 0 Å². The summed E-state index contributed by atoms with van der Waals surface area (Å²) in [4.78, 5) is 27.4. The van der Waals surface area contributed by atoms with Crippen LogP contribution in [-0.2, 0) is 20.7 Å². The number of nitrogens with zero attached hydrogens (tertiary/aromatic N) is 3. The van der Waals surface area contributed by atoms with Gasteiger partial charge < -0.3 is 23.8 Å². The Labute approximate surface area is 147 Å². The van der Waals surface area contributed by atoms with Gasteiger partial charge >= 0.3 is 0 Å². The molecule has 0 bridgehead atoms. The van der Waals surface area contributed by atoms with Crippen molar-refractivity contribution in [3.05, 3.63) is 17.5 Å². The number of aryl methyl sites for hydroxylation is 1. The molecular weight excluding hydrogens is 326 g/mol. The Morgan fingerprint density at radius 1 is 1.44 bits per heavy atom. The van der Waals surface area contributed by atoms with Crippen LogP contribution in [0.2, 0.25) is 0 Å². The number of amides is 2. The summed E-state index contributed by atoms with van der Waals surface area (Å²) in [6.45, 7) is 4.20. The fourth-order valence-corrected chi connectivity index (χ4v) is 3.39. The van der Waals surface area contributed by atoms with Crippen LogP contribution in [0.5, 0.6) is 0 Å². The topological polar surface area (TPSA) is 85.1 Å². The molecule has 1 unspecified atom stereocenters. The van der Waals surface area contributed by atoms with E-state index in [0.29, 0.717) is 44.0 Å². The van der Waals surface area contributed by atoms with Gasteiger partial charge in [0.2, 0.25) is 5.91 Å². The molecular formula is C17H25N3O5. The maximum Gasteiger partial charge on any atom is 0.259 e. The fourth-order valence-electron chi connectivity index (χ4n) is 3.39. The Kier molecular flexibility index (Phi) is 5.10. The summed E-state index contributed by atoms with van der Waals surface area (Å²) in [5.74, 6) is 0.680. The van der Waals surface area contributed by atoms with Crippen LogP contribution >= 0.6 is 0 Å². The minimum absolute atomic E-state index is 0.0575. The van der Waals surface area contributed by atoms with E-state index in [0.717, 1.165) is 6.42 Å². The maximum atomic E-state index is 12.6. The van der Waals surface area contributed by atoms with Crippen LogP contribution < -0.4 is 0 Å². The third-order valence-corrected chi connectivity index (χ3v) is 5.04. The molecule has 0 aromatic carbocycles. The highest BCUT2D eigenvalue weighted by Gasteiger charge is 2.54. The molecule has 0 radical (unpaired) electrons. The molecule has 3 heterocycles. The highest BCUT2D eigenvalue weighted by atomic mass is 16.5.